The molecule has 0 unspecified atom stereocenters. The zero-order valence-electron chi connectivity index (χ0n) is 10.1. The summed E-state index contributed by atoms with van der Waals surface area (Å²) in [5.41, 5.74) is 6.09. The molecule has 2 rings (SSSR count). The maximum absolute atomic E-state index is 12.3. The van der Waals surface area contributed by atoms with Crippen LogP contribution < -0.4 is 10.5 Å². The molecule has 1 fully saturated rings. The highest BCUT2D eigenvalue weighted by atomic mass is 79.9. The van der Waals surface area contributed by atoms with E-state index in [4.69, 9.17) is 5.73 Å². The third-order valence-corrected chi connectivity index (χ3v) is 6.83. The van der Waals surface area contributed by atoms with Gasteiger partial charge in [-0.15, -0.1) is 0 Å². The molecule has 0 aliphatic carbocycles. The van der Waals surface area contributed by atoms with Crippen molar-refractivity contribution in [1.29, 1.82) is 0 Å². The largest absolute Gasteiger partial charge is 0.399 e. The molecule has 0 atom stereocenters. The molecule has 1 aliphatic heterocycles. The van der Waals surface area contributed by atoms with Crippen molar-refractivity contribution in [3.63, 3.8) is 0 Å². The second-order valence-electron chi connectivity index (χ2n) is 4.43. The van der Waals surface area contributed by atoms with E-state index in [0.717, 1.165) is 0 Å². The fraction of sp³-hybridized carbons (Fsp3) is 0.455. The van der Waals surface area contributed by atoms with Crippen LogP contribution in [0.1, 0.15) is 12.8 Å². The molecule has 0 amide bonds. The Hall–Kier alpha value is -0.440. The van der Waals surface area contributed by atoms with Gasteiger partial charge in [0.05, 0.1) is 4.90 Å². The average molecular weight is 367 g/mol. The van der Waals surface area contributed by atoms with Crippen LogP contribution in [0.15, 0.2) is 27.6 Å². The Kier molecular flexibility index (Phi) is 4.65. The molecule has 1 saturated heterocycles. The van der Waals surface area contributed by atoms with Crippen molar-refractivity contribution in [2.75, 3.05) is 17.2 Å². The number of benzene rings is 1. The molecule has 0 saturated carbocycles. The van der Waals surface area contributed by atoms with Gasteiger partial charge >= 0.3 is 0 Å². The summed E-state index contributed by atoms with van der Waals surface area (Å²) in [6.07, 6.45) is 1.22. The van der Waals surface area contributed by atoms with Crippen molar-refractivity contribution in [2.24, 2.45) is 0 Å². The third-order valence-electron chi connectivity index (χ3n) is 2.96. The average Bonchev–Trinajstić information content (AvgIpc) is 2.31. The fourth-order valence-corrected chi connectivity index (χ4v) is 5.63. The first-order valence-electron chi connectivity index (χ1n) is 5.81. The van der Waals surface area contributed by atoms with Crippen molar-refractivity contribution >= 4 is 42.4 Å². The molecule has 3 N–H and O–H groups in total. The van der Waals surface area contributed by atoms with Crippen LogP contribution in [-0.4, -0.2) is 30.2 Å². The zero-order valence-corrected chi connectivity index (χ0v) is 13.4. The van der Waals surface area contributed by atoms with E-state index in [9.17, 15) is 12.6 Å². The highest BCUT2D eigenvalue weighted by molar-refractivity contribution is 9.10. The minimum absolute atomic E-state index is 0.146. The van der Waals surface area contributed by atoms with Crippen molar-refractivity contribution in [3.8, 4) is 0 Å². The number of halogens is 1. The molecular weight excluding hydrogens is 352 g/mol. The summed E-state index contributed by atoms with van der Waals surface area (Å²) in [6.45, 7) is 0. The molecule has 1 aromatic rings. The van der Waals surface area contributed by atoms with Crippen LogP contribution in [0.5, 0.6) is 0 Å². The van der Waals surface area contributed by atoms with E-state index in [0.29, 0.717) is 34.5 Å². The number of hydrogen-bond donors (Lipinski definition) is 2. The molecule has 1 heterocycles. The molecule has 106 valence electrons. The van der Waals surface area contributed by atoms with Crippen LogP contribution in [0.4, 0.5) is 5.69 Å². The number of nitrogen functional groups attached to an aromatic ring is 1. The van der Waals surface area contributed by atoms with Crippen LogP contribution in [-0.2, 0) is 20.8 Å². The predicted octanol–water partition coefficient (Wildman–Crippen LogP) is 1.22. The molecule has 0 aromatic heterocycles. The summed E-state index contributed by atoms with van der Waals surface area (Å²) in [7, 11) is -4.38. The molecule has 19 heavy (non-hydrogen) atoms. The Morgan fingerprint density at radius 2 is 1.95 bits per heavy atom. The van der Waals surface area contributed by atoms with Crippen molar-refractivity contribution in [3.05, 3.63) is 22.7 Å². The molecule has 8 heteroatoms. The van der Waals surface area contributed by atoms with Crippen molar-refractivity contribution in [1.82, 2.24) is 4.72 Å². The normalized spacial score (nSPS) is 24.3. The van der Waals surface area contributed by atoms with Gasteiger partial charge in [-0.3, -0.25) is 4.21 Å². The first-order chi connectivity index (χ1) is 8.88. The maximum Gasteiger partial charge on any atom is 0.241 e. The van der Waals surface area contributed by atoms with Crippen LogP contribution in [0.25, 0.3) is 0 Å². The minimum Gasteiger partial charge on any atom is -0.399 e. The van der Waals surface area contributed by atoms with Crippen LogP contribution in [0.2, 0.25) is 0 Å². The van der Waals surface area contributed by atoms with Gasteiger partial charge in [0.15, 0.2) is 0 Å². The van der Waals surface area contributed by atoms with E-state index in [1.54, 1.807) is 12.1 Å². The number of sulfonamides is 1. The lowest BCUT2D eigenvalue weighted by atomic mass is 10.2. The summed E-state index contributed by atoms with van der Waals surface area (Å²) in [5.74, 6) is 1.10. The number of nitrogens with two attached hydrogens (primary N) is 1. The van der Waals surface area contributed by atoms with Gasteiger partial charge in [-0.2, -0.15) is 0 Å². The third kappa shape index (κ3) is 3.77. The summed E-state index contributed by atoms with van der Waals surface area (Å²) < 4.78 is 38.9. The standard InChI is InChI=1S/C11H15BrN2O3S2/c12-10-7-8(13)1-2-11(10)19(16,17)14-9-3-5-18(15)6-4-9/h1-2,7,9,14H,3-6,13H2. The summed E-state index contributed by atoms with van der Waals surface area (Å²) in [6, 6.07) is 4.44. The molecule has 1 aliphatic rings. The highest BCUT2D eigenvalue weighted by Crippen LogP contribution is 2.25. The van der Waals surface area contributed by atoms with E-state index < -0.39 is 20.8 Å². The minimum atomic E-state index is -3.58. The topological polar surface area (TPSA) is 89.3 Å². The Balaban J connectivity index is 2.16. The van der Waals surface area contributed by atoms with Gasteiger partial charge < -0.3 is 5.73 Å². The lowest BCUT2D eigenvalue weighted by Crippen LogP contribution is -2.39. The lowest BCUT2D eigenvalue weighted by molar-refractivity contribution is 0.521. The molecule has 0 bridgehead atoms. The van der Waals surface area contributed by atoms with Gasteiger partial charge in [0.2, 0.25) is 10.0 Å². The SMILES string of the molecule is Nc1ccc(S(=O)(=O)NC2CCS(=O)CC2)c(Br)c1. The quantitative estimate of drug-likeness (QED) is 0.787. The Labute approximate surface area is 123 Å². The van der Waals surface area contributed by atoms with Crippen LogP contribution >= 0.6 is 15.9 Å². The second kappa shape index (κ2) is 5.90. The first kappa shape index (κ1) is 15.0. The predicted molar refractivity (Wildman–Crippen MR) is 79.8 cm³/mol. The van der Waals surface area contributed by atoms with E-state index >= 15 is 0 Å². The smallest absolute Gasteiger partial charge is 0.241 e. The summed E-state index contributed by atoms with van der Waals surface area (Å²) in [5, 5.41) is 0. The van der Waals surface area contributed by atoms with E-state index in [-0.39, 0.29) is 10.9 Å². The van der Waals surface area contributed by atoms with E-state index in [1.807, 2.05) is 0 Å². The molecular formula is C11H15BrN2O3S2. The summed E-state index contributed by atoms with van der Waals surface area (Å²) >= 11 is 3.21. The van der Waals surface area contributed by atoms with E-state index in [1.165, 1.54) is 6.07 Å². The molecule has 0 spiro atoms. The monoisotopic (exact) mass is 366 g/mol. The Morgan fingerprint density at radius 3 is 2.53 bits per heavy atom. The van der Waals surface area contributed by atoms with Crippen LogP contribution in [0, 0.1) is 0 Å². The molecule has 1 aromatic carbocycles. The second-order valence-corrected chi connectivity index (χ2v) is 8.67. The number of anilines is 1. The van der Waals surface area contributed by atoms with Gasteiger partial charge in [-0.25, -0.2) is 13.1 Å². The molecule has 5 nitrogen and oxygen atoms in total. The highest BCUT2D eigenvalue weighted by Gasteiger charge is 2.25. The Morgan fingerprint density at radius 1 is 1.32 bits per heavy atom. The van der Waals surface area contributed by atoms with Crippen molar-refractivity contribution < 1.29 is 12.6 Å². The van der Waals surface area contributed by atoms with Gasteiger partial charge in [-0.1, -0.05) is 0 Å². The lowest BCUT2D eigenvalue weighted by Gasteiger charge is -2.22. The Bertz CT molecular complexity index is 594. The number of rotatable bonds is 3. The maximum atomic E-state index is 12.3. The van der Waals surface area contributed by atoms with Gasteiger partial charge in [0.1, 0.15) is 0 Å². The van der Waals surface area contributed by atoms with E-state index in [2.05, 4.69) is 20.7 Å². The molecule has 0 radical (unpaired) electrons. The van der Waals surface area contributed by atoms with Crippen LogP contribution in [0.3, 0.4) is 0 Å². The van der Waals surface area contributed by atoms with Crippen molar-refractivity contribution in [2.45, 2.75) is 23.8 Å². The van der Waals surface area contributed by atoms with Gasteiger partial charge in [0, 0.05) is 38.5 Å². The fourth-order valence-electron chi connectivity index (χ4n) is 1.93. The number of hydrogen-bond acceptors (Lipinski definition) is 4. The van der Waals surface area contributed by atoms with Gasteiger partial charge in [0.25, 0.3) is 0 Å². The number of nitrogens with one attached hydrogen (secondary N) is 1. The van der Waals surface area contributed by atoms with Gasteiger partial charge in [-0.05, 0) is 47.0 Å². The first-order valence-corrected chi connectivity index (χ1v) is 9.57. The summed E-state index contributed by atoms with van der Waals surface area (Å²) in [4.78, 5) is 0.174. The zero-order chi connectivity index (χ0) is 14.0.